The molecule has 6 heteroatoms. The van der Waals surface area contributed by atoms with Crippen molar-refractivity contribution < 1.29 is 4.74 Å². The van der Waals surface area contributed by atoms with Crippen LogP contribution in [0.1, 0.15) is 49.3 Å². The molecule has 3 rings (SSSR count). The van der Waals surface area contributed by atoms with Gasteiger partial charge in [-0.2, -0.15) is 0 Å². The topological polar surface area (TPSA) is 57.4 Å². The van der Waals surface area contributed by atoms with Crippen LogP contribution >= 0.6 is 12.2 Å². The standard InChI is InChI=1S/C22H31N3O2S/c1-4-5-8-23-22(28)25(14-18-7-6-9-27-18)13-17-12-19-16(3)10-15(2)11-20(19)24-21(17)26/h10-12,18H,4-9,13-14H2,1-3H3,(H,23,28)(H,24,26)/t18-/m1/s1. The molecule has 1 aromatic heterocycles. The second-order valence-electron chi connectivity index (χ2n) is 7.77. The van der Waals surface area contributed by atoms with Crippen molar-refractivity contribution in [1.29, 1.82) is 0 Å². The van der Waals surface area contributed by atoms with Crippen molar-refractivity contribution in [3.63, 3.8) is 0 Å². The summed E-state index contributed by atoms with van der Waals surface area (Å²) < 4.78 is 5.81. The molecular weight excluding hydrogens is 370 g/mol. The van der Waals surface area contributed by atoms with Gasteiger partial charge in [0.05, 0.1) is 12.6 Å². The molecule has 1 aromatic carbocycles. The molecule has 1 atom stereocenters. The molecule has 0 saturated carbocycles. The lowest BCUT2D eigenvalue weighted by Gasteiger charge is -2.28. The maximum atomic E-state index is 12.7. The molecule has 1 aliphatic rings. The largest absolute Gasteiger partial charge is 0.376 e. The molecule has 0 spiro atoms. The molecule has 152 valence electrons. The van der Waals surface area contributed by atoms with Crippen molar-refractivity contribution in [2.45, 2.75) is 59.1 Å². The van der Waals surface area contributed by atoms with Gasteiger partial charge in [-0.25, -0.2) is 0 Å². The fourth-order valence-corrected chi connectivity index (χ4v) is 4.02. The van der Waals surface area contributed by atoms with Crippen LogP contribution in [-0.2, 0) is 11.3 Å². The molecule has 2 aromatic rings. The summed E-state index contributed by atoms with van der Waals surface area (Å²) in [7, 11) is 0. The first-order chi connectivity index (χ1) is 13.5. The van der Waals surface area contributed by atoms with E-state index in [-0.39, 0.29) is 11.7 Å². The monoisotopic (exact) mass is 401 g/mol. The van der Waals surface area contributed by atoms with Crippen molar-refractivity contribution in [1.82, 2.24) is 15.2 Å². The van der Waals surface area contributed by atoms with E-state index in [0.717, 1.165) is 60.9 Å². The van der Waals surface area contributed by atoms with Crippen molar-refractivity contribution in [3.8, 4) is 0 Å². The fraction of sp³-hybridized carbons (Fsp3) is 0.545. The third-order valence-corrected chi connectivity index (χ3v) is 5.70. The number of hydrogen-bond acceptors (Lipinski definition) is 3. The Morgan fingerprint density at radius 2 is 2.18 bits per heavy atom. The quantitative estimate of drug-likeness (QED) is 0.546. The summed E-state index contributed by atoms with van der Waals surface area (Å²) in [5, 5.41) is 5.13. The molecule has 0 bridgehead atoms. The molecule has 1 fully saturated rings. The van der Waals surface area contributed by atoms with E-state index >= 15 is 0 Å². The number of thiocarbonyl (C=S) groups is 1. The second kappa shape index (κ2) is 9.52. The molecule has 1 aliphatic heterocycles. The number of pyridine rings is 1. The van der Waals surface area contributed by atoms with E-state index < -0.39 is 0 Å². The number of fused-ring (bicyclic) bond motifs is 1. The number of H-pyrrole nitrogens is 1. The lowest BCUT2D eigenvalue weighted by Crippen LogP contribution is -2.44. The highest BCUT2D eigenvalue weighted by atomic mass is 32.1. The van der Waals surface area contributed by atoms with Gasteiger partial charge in [0.15, 0.2) is 5.11 Å². The van der Waals surface area contributed by atoms with Gasteiger partial charge in [0.2, 0.25) is 0 Å². The van der Waals surface area contributed by atoms with Gasteiger partial charge in [-0.15, -0.1) is 0 Å². The maximum Gasteiger partial charge on any atom is 0.253 e. The zero-order chi connectivity index (χ0) is 20.1. The number of hydrogen-bond donors (Lipinski definition) is 2. The first-order valence-corrected chi connectivity index (χ1v) is 10.7. The molecule has 2 heterocycles. The highest BCUT2D eigenvalue weighted by Crippen LogP contribution is 2.20. The van der Waals surface area contributed by atoms with E-state index in [2.05, 4.69) is 35.1 Å². The van der Waals surface area contributed by atoms with Crippen molar-refractivity contribution >= 4 is 28.2 Å². The Bertz CT molecular complexity index is 887. The summed E-state index contributed by atoms with van der Waals surface area (Å²) in [6.07, 6.45) is 4.49. The average molecular weight is 402 g/mol. The van der Waals surface area contributed by atoms with Crippen LogP contribution < -0.4 is 10.9 Å². The predicted octanol–water partition coefficient (Wildman–Crippen LogP) is 3.80. The predicted molar refractivity (Wildman–Crippen MR) is 119 cm³/mol. The molecule has 0 radical (unpaired) electrons. The summed E-state index contributed by atoms with van der Waals surface area (Å²) >= 11 is 5.65. The number of nitrogens with one attached hydrogen (secondary N) is 2. The Kier molecular flexibility index (Phi) is 7.08. The highest BCUT2D eigenvalue weighted by Gasteiger charge is 2.22. The van der Waals surface area contributed by atoms with Gasteiger partial charge < -0.3 is 19.9 Å². The van der Waals surface area contributed by atoms with Gasteiger partial charge in [-0.3, -0.25) is 4.79 Å². The van der Waals surface area contributed by atoms with Gasteiger partial charge in [0.1, 0.15) is 0 Å². The highest BCUT2D eigenvalue weighted by molar-refractivity contribution is 7.80. The number of aromatic nitrogens is 1. The first-order valence-electron chi connectivity index (χ1n) is 10.3. The number of ether oxygens (including phenoxy) is 1. The third kappa shape index (κ3) is 5.11. The SMILES string of the molecule is CCCCNC(=S)N(Cc1cc2c(C)cc(C)cc2[nH]c1=O)C[C@H]1CCCO1. The minimum absolute atomic E-state index is 0.0498. The number of rotatable bonds is 7. The van der Waals surface area contributed by atoms with Crippen LogP contribution in [0.15, 0.2) is 23.0 Å². The smallest absolute Gasteiger partial charge is 0.253 e. The van der Waals surface area contributed by atoms with Gasteiger partial charge in [0.25, 0.3) is 5.56 Å². The number of aromatic amines is 1. The van der Waals surface area contributed by atoms with Gasteiger partial charge >= 0.3 is 0 Å². The van der Waals surface area contributed by atoms with Crippen molar-refractivity contribution in [2.75, 3.05) is 19.7 Å². The summed E-state index contributed by atoms with van der Waals surface area (Å²) in [6.45, 7) is 9.14. The summed E-state index contributed by atoms with van der Waals surface area (Å²) in [5.74, 6) is 0. The summed E-state index contributed by atoms with van der Waals surface area (Å²) in [6, 6.07) is 6.18. The second-order valence-corrected chi connectivity index (χ2v) is 8.15. The Hall–Kier alpha value is -1.92. The molecule has 0 unspecified atom stereocenters. The molecule has 0 aliphatic carbocycles. The Morgan fingerprint density at radius 1 is 1.36 bits per heavy atom. The summed E-state index contributed by atoms with van der Waals surface area (Å²) in [5.41, 5.74) is 3.89. The molecule has 1 saturated heterocycles. The minimum Gasteiger partial charge on any atom is -0.376 e. The number of nitrogens with zero attached hydrogens (tertiary/aromatic N) is 1. The van der Waals surface area contributed by atoms with E-state index in [4.69, 9.17) is 17.0 Å². The van der Waals surface area contributed by atoms with E-state index in [1.54, 1.807) is 0 Å². The molecule has 5 nitrogen and oxygen atoms in total. The van der Waals surface area contributed by atoms with E-state index in [1.807, 2.05) is 19.1 Å². The van der Waals surface area contributed by atoms with Crippen molar-refractivity contribution in [2.24, 2.45) is 0 Å². The van der Waals surface area contributed by atoms with E-state index in [1.165, 1.54) is 5.56 Å². The number of unbranched alkanes of at least 4 members (excludes halogenated alkanes) is 1. The number of benzene rings is 1. The maximum absolute atomic E-state index is 12.7. The third-order valence-electron chi connectivity index (χ3n) is 5.29. The Balaban J connectivity index is 1.85. The minimum atomic E-state index is -0.0498. The molecule has 2 N–H and O–H groups in total. The average Bonchev–Trinajstić information content (AvgIpc) is 3.15. The van der Waals surface area contributed by atoms with Gasteiger partial charge in [-0.1, -0.05) is 19.4 Å². The zero-order valence-electron chi connectivity index (χ0n) is 17.1. The zero-order valence-corrected chi connectivity index (χ0v) is 18.0. The molecular formula is C22H31N3O2S. The van der Waals surface area contributed by atoms with Crippen LogP contribution in [0.2, 0.25) is 0 Å². The van der Waals surface area contributed by atoms with E-state index in [0.29, 0.717) is 18.2 Å². The Labute approximate surface area is 172 Å². The van der Waals surface area contributed by atoms with E-state index in [9.17, 15) is 4.79 Å². The molecule has 28 heavy (non-hydrogen) atoms. The van der Waals surface area contributed by atoms with Crippen LogP contribution in [0.25, 0.3) is 10.9 Å². The normalized spacial score (nSPS) is 16.5. The molecule has 0 amide bonds. The first kappa shape index (κ1) is 20.8. The Morgan fingerprint density at radius 3 is 2.89 bits per heavy atom. The van der Waals surface area contributed by atoms with Gasteiger partial charge in [-0.05, 0) is 68.6 Å². The lowest BCUT2D eigenvalue weighted by atomic mass is 10.0. The number of aryl methyl sites for hydroxylation is 2. The fourth-order valence-electron chi connectivity index (χ4n) is 3.78. The van der Waals surface area contributed by atoms with Crippen LogP contribution in [0.4, 0.5) is 0 Å². The van der Waals surface area contributed by atoms with Crippen LogP contribution in [0, 0.1) is 13.8 Å². The van der Waals surface area contributed by atoms with Crippen LogP contribution in [0.3, 0.4) is 0 Å². The van der Waals surface area contributed by atoms with Crippen LogP contribution in [0.5, 0.6) is 0 Å². The van der Waals surface area contributed by atoms with Crippen LogP contribution in [-0.4, -0.2) is 40.8 Å². The lowest BCUT2D eigenvalue weighted by molar-refractivity contribution is 0.0897. The summed E-state index contributed by atoms with van der Waals surface area (Å²) in [4.78, 5) is 17.9. The van der Waals surface area contributed by atoms with Gasteiger partial charge in [0, 0.05) is 36.2 Å². The van der Waals surface area contributed by atoms with Crippen molar-refractivity contribution in [3.05, 3.63) is 45.2 Å².